The quantitative estimate of drug-likeness (QED) is 0.586. The highest BCUT2D eigenvalue weighted by Gasteiger charge is 2.63. The largest absolute Gasteiger partial charge is 0.371 e. The summed E-state index contributed by atoms with van der Waals surface area (Å²) >= 11 is 6.81. The summed E-state index contributed by atoms with van der Waals surface area (Å²) in [6, 6.07) is 8.30. The summed E-state index contributed by atoms with van der Waals surface area (Å²) in [5, 5.41) is 12.1. The van der Waals surface area contributed by atoms with Gasteiger partial charge in [-0.25, -0.2) is 14.4 Å². The molecule has 2 aromatic rings. The molecule has 3 fully saturated rings. The molecular formula is C29H32ClFN4O2. The number of aliphatic hydroxyl groups is 1. The number of hydrogen-bond donors (Lipinski definition) is 1. The van der Waals surface area contributed by atoms with E-state index in [1.165, 1.54) is 12.1 Å². The van der Waals surface area contributed by atoms with E-state index in [1.807, 2.05) is 17.9 Å². The van der Waals surface area contributed by atoms with Crippen molar-refractivity contribution in [2.45, 2.75) is 63.3 Å². The summed E-state index contributed by atoms with van der Waals surface area (Å²) in [7, 11) is 0. The van der Waals surface area contributed by atoms with Gasteiger partial charge in [0.1, 0.15) is 11.7 Å². The standard InChI is InChI=1S/C29H32ClFN4O2/c1-4-24(36)34-14-17(3)35(15-16(34)2)27-21-13-22(30)25(20-7-5-6-8-23(20)31)32-26(21)29(18-9-10-18,19-11-12-19)28(37)33-27/h4-8,13,16-19,28,37H,1,9-12,14-15H2,2-3H3. The lowest BCUT2D eigenvalue weighted by molar-refractivity contribution is -0.130. The number of hydrogen-bond acceptors (Lipinski definition) is 5. The Balaban J connectivity index is 1.50. The third-order valence-corrected chi connectivity index (χ3v) is 8.94. The molecule has 4 aliphatic rings. The van der Waals surface area contributed by atoms with Gasteiger partial charge in [-0.05, 0) is 75.6 Å². The van der Waals surface area contributed by atoms with E-state index >= 15 is 0 Å². The van der Waals surface area contributed by atoms with Gasteiger partial charge < -0.3 is 14.9 Å². The van der Waals surface area contributed by atoms with Crippen LogP contribution < -0.4 is 0 Å². The molecule has 1 amide bonds. The van der Waals surface area contributed by atoms with E-state index in [9.17, 15) is 14.3 Å². The number of pyridine rings is 1. The fourth-order valence-corrected chi connectivity index (χ4v) is 6.84. The highest BCUT2D eigenvalue weighted by atomic mass is 35.5. The molecule has 3 atom stereocenters. The van der Waals surface area contributed by atoms with Gasteiger partial charge in [0, 0.05) is 36.3 Å². The van der Waals surface area contributed by atoms with Crippen molar-refractivity contribution in [1.82, 2.24) is 14.8 Å². The van der Waals surface area contributed by atoms with Crippen molar-refractivity contribution in [1.29, 1.82) is 0 Å². The van der Waals surface area contributed by atoms with Crippen LogP contribution in [0.5, 0.6) is 0 Å². The number of aliphatic hydroxyl groups excluding tert-OH is 1. The predicted molar refractivity (Wildman–Crippen MR) is 142 cm³/mol. The number of halogens is 2. The maximum absolute atomic E-state index is 14.9. The first-order valence-electron chi connectivity index (χ1n) is 13.2. The van der Waals surface area contributed by atoms with E-state index < -0.39 is 11.6 Å². The molecule has 6 rings (SSSR count). The number of aliphatic imine (C=N–C) groups is 1. The van der Waals surface area contributed by atoms with Crippen LogP contribution in [0, 0.1) is 17.7 Å². The number of rotatable bonds is 4. The second-order valence-electron chi connectivity index (χ2n) is 11.0. The van der Waals surface area contributed by atoms with Gasteiger partial charge in [0.05, 0.1) is 21.8 Å². The van der Waals surface area contributed by atoms with Gasteiger partial charge in [-0.1, -0.05) is 30.3 Å². The zero-order valence-corrected chi connectivity index (χ0v) is 22.0. The lowest BCUT2D eigenvalue weighted by atomic mass is 9.69. The van der Waals surface area contributed by atoms with E-state index in [0.717, 1.165) is 36.9 Å². The summed E-state index contributed by atoms with van der Waals surface area (Å²) in [5.74, 6) is 0.764. The summed E-state index contributed by atoms with van der Waals surface area (Å²) < 4.78 is 14.9. The Kier molecular flexibility index (Phi) is 5.92. The molecule has 0 radical (unpaired) electrons. The van der Waals surface area contributed by atoms with Crippen molar-refractivity contribution in [2.24, 2.45) is 16.8 Å². The van der Waals surface area contributed by atoms with Gasteiger partial charge in [-0.15, -0.1) is 0 Å². The summed E-state index contributed by atoms with van der Waals surface area (Å²) in [5.41, 5.74) is 1.78. The van der Waals surface area contributed by atoms with Crippen molar-refractivity contribution in [2.75, 3.05) is 13.1 Å². The number of fused-ring (bicyclic) bond motifs is 1. The molecule has 2 aliphatic heterocycles. The fraction of sp³-hybridized carbons (Fsp3) is 0.483. The molecule has 37 heavy (non-hydrogen) atoms. The molecule has 0 spiro atoms. The van der Waals surface area contributed by atoms with Crippen molar-refractivity contribution >= 4 is 23.3 Å². The number of amidine groups is 1. The molecule has 2 saturated carbocycles. The van der Waals surface area contributed by atoms with Crippen LogP contribution in [0.3, 0.4) is 0 Å². The van der Waals surface area contributed by atoms with E-state index in [2.05, 4.69) is 18.4 Å². The van der Waals surface area contributed by atoms with E-state index in [-0.39, 0.29) is 23.8 Å². The maximum atomic E-state index is 14.9. The van der Waals surface area contributed by atoms with Crippen molar-refractivity contribution in [3.8, 4) is 11.3 Å². The van der Waals surface area contributed by atoms with Gasteiger partial charge in [0.25, 0.3) is 0 Å². The maximum Gasteiger partial charge on any atom is 0.246 e. The van der Waals surface area contributed by atoms with Crippen molar-refractivity contribution in [3.05, 3.63) is 65.1 Å². The molecule has 1 N–H and O–H groups in total. The second kappa shape index (κ2) is 8.91. The fourth-order valence-electron chi connectivity index (χ4n) is 6.58. The highest BCUT2D eigenvalue weighted by Crippen LogP contribution is 2.62. The molecule has 3 heterocycles. The smallest absolute Gasteiger partial charge is 0.246 e. The van der Waals surface area contributed by atoms with Crippen LogP contribution in [0.4, 0.5) is 4.39 Å². The van der Waals surface area contributed by atoms with Crippen LogP contribution in [0.1, 0.15) is 50.8 Å². The van der Waals surface area contributed by atoms with Gasteiger partial charge in [0.2, 0.25) is 5.91 Å². The number of aromatic nitrogens is 1. The zero-order valence-electron chi connectivity index (χ0n) is 21.2. The number of nitrogens with zero attached hydrogens (tertiary/aromatic N) is 4. The number of piperazine rings is 1. The molecule has 194 valence electrons. The summed E-state index contributed by atoms with van der Waals surface area (Å²) in [4.78, 5) is 26.4. The van der Waals surface area contributed by atoms with Gasteiger partial charge in [0.15, 0.2) is 6.23 Å². The topological polar surface area (TPSA) is 69.0 Å². The SMILES string of the molecule is C=CC(=O)N1CC(C)N(C2=NC(O)C(C3CC3)(C3CC3)c3nc(-c4ccccc4F)c(Cl)cc32)CC1C. The van der Waals surface area contributed by atoms with Crippen LogP contribution in [-0.4, -0.2) is 63.0 Å². The number of carbonyl (C=O) groups excluding carboxylic acids is 1. The lowest BCUT2D eigenvalue weighted by Crippen LogP contribution is -2.61. The van der Waals surface area contributed by atoms with Crippen LogP contribution in [-0.2, 0) is 10.2 Å². The summed E-state index contributed by atoms with van der Waals surface area (Å²) in [6.07, 6.45) is 4.50. The Labute approximate surface area is 221 Å². The molecule has 2 aliphatic carbocycles. The molecule has 1 aromatic carbocycles. The predicted octanol–water partition coefficient (Wildman–Crippen LogP) is 4.78. The first-order valence-corrected chi connectivity index (χ1v) is 13.6. The highest BCUT2D eigenvalue weighted by molar-refractivity contribution is 6.33. The third-order valence-electron chi connectivity index (χ3n) is 8.65. The lowest BCUT2D eigenvalue weighted by Gasteiger charge is -2.48. The van der Waals surface area contributed by atoms with Gasteiger partial charge in [-0.3, -0.25) is 4.79 Å². The van der Waals surface area contributed by atoms with Crippen LogP contribution in [0.15, 0.2) is 48.0 Å². The van der Waals surface area contributed by atoms with Gasteiger partial charge in [-0.2, -0.15) is 0 Å². The van der Waals surface area contributed by atoms with Crippen LogP contribution in [0.2, 0.25) is 5.02 Å². The van der Waals surface area contributed by atoms with Gasteiger partial charge >= 0.3 is 0 Å². The van der Waals surface area contributed by atoms with Crippen LogP contribution >= 0.6 is 11.6 Å². The average molecular weight is 523 g/mol. The Bertz CT molecular complexity index is 1290. The first-order chi connectivity index (χ1) is 17.8. The van der Waals surface area contributed by atoms with Crippen LogP contribution in [0.25, 0.3) is 11.3 Å². The van der Waals surface area contributed by atoms with Crippen molar-refractivity contribution < 1.29 is 14.3 Å². The summed E-state index contributed by atoms with van der Waals surface area (Å²) in [6.45, 7) is 8.77. The molecule has 3 unspecified atom stereocenters. The Morgan fingerprint density at radius 1 is 1.14 bits per heavy atom. The normalized spacial score (nSPS) is 26.9. The number of carbonyl (C=O) groups is 1. The minimum absolute atomic E-state index is 0.0433. The Morgan fingerprint density at radius 2 is 1.81 bits per heavy atom. The van der Waals surface area contributed by atoms with E-state index in [1.54, 1.807) is 18.2 Å². The molecule has 1 aromatic heterocycles. The molecular weight excluding hydrogens is 491 g/mol. The minimum atomic E-state index is -0.938. The molecule has 8 heteroatoms. The number of benzene rings is 1. The monoisotopic (exact) mass is 522 g/mol. The Hall–Kier alpha value is -2.77. The molecule has 1 saturated heterocycles. The minimum Gasteiger partial charge on any atom is -0.371 e. The Morgan fingerprint density at radius 3 is 2.43 bits per heavy atom. The third kappa shape index (κ3) is 3.81. The van der Waals surface area contributed by atoms with E-state index in [4.69, 9.17) is 21.6 Å². The first kappa shape index (κ1) is 24.6. The molecule has 0 bridgehead atoms. The van der Waals surface area contributed by atoms with Crippen molar-refractivity contribution in [3.63, 3.8) is 0 Å². The second-order valence-corrected chi connectivity index (χ2v) is 11.5. The molecule has 6 nitrogen and oxygen atoms in total. The average Bonchev–Trinajstić information content (AvgIpc) is 3.79. The number of amides is 1. The zero-order chi connectivity index (χ0) is 26.1. The van der Waals surface area contributed by atoms with E-state index in [0.29, 0.717) is 47.0 Å².